The Kier molecular flexibility index (Phi) is 7.80. The van der Waals surface area contributed by atoms with E-state index in [9.17, 15) is 13.6 Å². The standard InChI is InChI=1S/C18H20F2N2O2.ClH/c1-21-8-9-22(2)18(23)15-6-4-12(10-16(15)19)14-7-5-13(24-3)11-17(14)20;/h4-7,10-11,21H,8-9H2,1-3H3;1H. The average molecular weight is 371 g/mol. The summed E-state index contributed by atoms with van der Waals surface area (Å²) in [4.78, 5) is 13.7. The number of nitrogens with one attached hydrogen (secondary N) is 1. The Bertz CT molecular complexity index is 741. The highest BCUT2D eigenvalue weighted by Gasteiger charge is 2.17. The Morgan fingerprint density at radius 3 is 2.44 bits per heavy atom. The summed E-state index contributed by atoms with van der Waals surface area (Å²) in [6.45, 7) is 1.07. The Labute approximate surface area is 152 Å². The lowest BCUT2D eigenvalue weighted by atomic mass is 10.0. The van der Waals surface area contributed by atoms with Gasteiger partial charge in [0.2, 0.25) is 0 Å². The van der Waals surface area contributed by atoms with E-state index in [0.717, 1.165) is 0 Å². The zero-order chi connectivity index (χ0) is 17.7. The van der Waals surface area contributed by atoms with E-state index in [0.29, 0.717) is 24.4 Å². The van der Waals surface area contributed by atoms with Crippen molar-refractivity contribution in [1.82, 2.24) is 10.2 Å². The summed E-state index contributed by atoms with van der Waals surface area (Å²) in [5.41, 5.74) is 0.575. The normalized spacial score (nSPS) is 10.1. The molecule has 0 radical (unpaired) electrons. The Morgan fingerprint density at radius 2 is 1.88 bits per heavy atom. The quantitative estimate of drug-likeness (QED) is 0.847. The second-order valence-corrected chi connectivity index (χ2v) is 5.37. The molecule has 0 aliphatic rings. The van der Waals surface area contributed by atoms with Crippen molar-refractivity contribution in [2.45, 2.75) is 0 Å². The molecule has 1 N–H and O–H groups in total. The molecule has 2 aromatic carbocycles. The van der Waals surface area contributed by atoms with Gasteiger partial charge in [0.1, 0.15) is 17.4 Å². The zero-order valence-electron chi connectivity index (χ0n) is 14.3. The summed E-state index contributed by atoms with van der Waals surface area (Å²) in [6, 6.07) is 8.44. The van der Waals surface area contributed by atoms with Crippen LogP contribution in [0.2, 0.25) is 0 Å². The van der Waals surface area contributed by atoms with Crippen LogP contribution in [0.1, 0.15) is 10.4 Å². The van der Waals surface area contributed by atoms with E-state index < -0.39 is 17.5 Å². The molecule has 2 rings (SSSR count). The highest BCUT2D eigenvalue weighted by Crippen LogP contribution is 2.27. The summed E-state index contributed by atoms with van der Waals surface area (Å²) in [5.74, 6) is -1.22. The number of benzene rings is 2. The molecule has 0 heterocycles. The first-order valence-corrected chi connectivity index (χ1v) is 7.51. The number of hydrogen-bond donors (Lipinski definition) is 1. The van der Waals surface area contributed by atoms with Gasteiger partial charge in [-0.1, -0.05) is 6.07 Å². The molecule has 0 fully saturated rings. The summed E-state index contributed by atoms with van der Waals surface area (Å²) in [5, 5.41) is 2.93. The van der Waals surface area contributed by atoms with Crippen LogP contribution in [-0.4, -0.2) is 45.1 Å². The van der Waals surface area contributed by atoms with Crippen molar-refractivity contribution >= 4 is 18.3 Å². The van der Waals surface area contributed by atoms with Crippen LogP contribution in [0.15, 0.2) is 36.4 Å². The number of methoxy groups -OCH3 is 1. The molecule has 0 spiro atoms. The van der Waals surface area contributed by atoms with Gasteiger partial charge in [-0.25, -0.2) is 8.78 Å². The van der Waals surface area contributed by atoms with E-state index in [1.807, 2.05) is 0 Å². The summed E-state index contributed by atoms with van der Waals surface area (Å²) < 4.78 is 33.4. The first-order chi connectivity index (χ1) is 11.5. The van der Waals surface area contributed by atoms with Gasteiger partial charge in [0, 0.05) is 31.8 Å². The van der Waals surface area contributed by atoms with Gasteiger partial charge in [-0.2, -0.15) is 0 Å². The van der Waals surface area contributed by atoms with Gasteiger partial charge in [0.05, 0.1) is 12.7 Å². The number of nitrogens with zero attached hydrogens (tertiary/aromatic N) is 1. The van der Waals surface area contributed by atoms with Crippen LogP contribution >= 0.6 is 12.4 Å². The molecular formula is C18H21ClF2N2O2. The smallest absolute Gasteiger partial charge is 0.256 e. The predicted octanol–water partition coefficient (Wildman–Crippen LogP) is 3.35. The fraction of sp³-hybridized carbons (Fsp3) is 0.278. The van der Waals surface area contributed by atoms with Crippen molar-refractivity contribution in [1.29, 1.82) is 0 Å². The predicted molar refractivity (Wildman–Crippen MR) is 96.5 cm³/mol. The van der Waals surface area contributed by atoms with Crippen molar-refractivity contribution in [3.8, 4) is 16.9 Å². The van der Waals surface area contributed by atoms with Crippen LogP contribution in [0.5, 0.6) is 5.75 Å². The first-order valence-electron chi connectivity index (χ1n) is 7.51. The molecule has 0 aromatic heterocycles. The summed E-state index contributed by atoms with van der Waals surface area (Å²) in [6.07, 6.45) is 0. The van der Waals surface area contributed by atoms with E-state index in [4.69, 9.17) is 4.74 Å². The molecule has 7 heteroatoms. The van der Waals surface area contributed by atoms with E-state index in [1.54, 1.807) is 20.2 Å². The van der Waals surface area contributed by atoms with Crippen LogP contribution in [0.3, 0.4) is 0 Å². The molecule has 0 atom stereocenters. The van der Waals surface area contributed by atoms with E-state index in [2.05, 4.69) is 5.32 Å². The largest absolute Gasteiger partial charge is 0.497 e. The van der Waals surface area contributed by atoms with Crippen LogP contribution in [0.4, 0.5) is 8.78 Å². The lowest BCUT2D eigenvalue weighted by Crippen LogP contribution is -2.33. The van der Waals surface area contributed by atoms with E-state index in [1.165, 1.54) is 42.3 Å². The number of ether oxygens (including phenoxy) is 1. The molecule has 0 aliphatic heterocycles. The highest BCUT2D eigenvalue weighted by atomic mass is 35.5. The minimum absolute atomic E-state index is 0. The van der Waals surface area contributed by atoms with E-state index in [-0.39, 0.29) is 23.5 Å². The Balaban J connectivity index is 0.00000312. The molecule has 0 bridgehead atoms. The van der Waals surface area contributed by atoms with Crippen molar-refractivity contribution < 1.29 is 18.3 Å². The number of likely N-dealkylation sites (N-methyl/N-ethyl adjacent to an activating group) is 2. The lowest BCUT2D eigenvalue weighted by Gasteiger charge is -2.17. The number of carbonyl (C=O) groups is 1. The van der Waals surface area contributed by atoms with Gasteiger partial charge in [0.25, 0.3) is 5.91 Å². The fourth-order valence-corrected chi connectivity index (χ4v) is 2.30. The van der Waals surface area contributed by atoms with Crippen LogP contribution in [0, 0.1) is 11.6 Å². The number of rotatable bonds is 6. The molecule has 25 heavy (non-hydrogen) atoms. The fourth-order valence-electron chi connectivity index (χ4n) is 2.30. The molecular weight excluding hydrogens is 350 g/mol. The van der Waals surface area contributed by atoms with Crippen LogP contribution in [-0.2, 0) is 0 Å². The minimum Gasteiger partial charge on any atom is -0.497 e. The van der Waals surface area contributed by atoms with Crippen molar-refractivity contribution in [3.63, 3.8) is 0 Å². The zero-order valence-corrected chi connectivity index (χ0v) is 15.1. The maximum atomic E-state index is 14.3. The molecule has 2 aromatic rings. The molecule has 4 nitrogen and oxygen atoms in total. The third-order valence-electron chi connectivity index (χ3n) is 3.73. The van der Waals surface area contributed by atoms with Gasteiger partial charge in [-0.15, -0.1) is 12.4 Å². The number of carbonyl (C=O) groups excluding carboxylic acids is 1. The van der Waals surface area contributed by atoms with Crippen LogP contribution < -0.4 is 10.1 Å². The maximum absolute atomic E-state index is 14.3. The Hall–Kier alpha value is -2.18. The summed E-state index contributed by atoms with van der Waals surface area (Å²) >= 11 is 0. The topological polar surface area (TPSA) is 41.6 Å². The number of halogens is 3. The van der Waals surface area contributed by atoms with Gasteiger partial charge < -0.3 is 15.0 Å². The molecule has 0 saturated heterocycles. The molecule has 0 unspecified atom stereocenters. The molecule has 0 aliphatic carbocycles. The van der Waals surface area contributed by atoms with Crippen molar-refractivity contribution in [2.75, 3.05) is 34.3 Å². The number of hydrogen-bond acceptors (Lipinski definition) is 3. The molecule has 0 saturated carbocycles. The molecule has 1 amide bonds. The second kappa shape index (κ2) is 9.34. The lowest BCUT2D eigenvalue weighted by molar-refractivity contribution is 0.0792. The van der Waals surface area contributed by atoms with Crippen LogP contribution in [0.25, 0.3) is 11.1 Å². The van der Waals surface area contributed by atoms with Gasteiger partial charge in [-0.05, 0) is 36.9 Å². The van der Waals surface area contributed by atoms with Gasteiger partial charge in [0.15, 0.2) is 0 Å². The maximum Gasteiger partial charge on any atom is 0.256 e. The second-order valence-electron chi connectivity index (χ2n) is 5.37. The van der Waals surface area contributed by atoms with Gasteiger partial charge in [-0.3, -0.25) is 4.79 Å². The Morgan fingerprint density at radius 1 is 1.16 bits per heavy atom. The minimum atomic E-state index is -0.677. The van der Waals surface area contributed by atoms with Crippen molar-refractivity contribution in [2.24, 2.45) is 0 Å². The SMILES string of the molecule is CNCCN(C)C(=O)c1ccc(-c2ccc(OC)cc2F)cc1F.Cl. The highest BCUT2D eigenvalue weighted by molar-refractivity contribution is 5.94. The number of amides is 1. The summed E-state index contributed by atoms with van der Waals surface area (Å²) in [7, 11) is 4.83. The average Bonchev–Trinajstić information content (AvgIpc) is 2.58. The third kappa shape index (κ3) is 4.90. The third-order valence-corrected chi connectivity index (χ3v) is 3.73. The first kappa shape index (κ1) is 20.9. The van der Waals surface area contributed by atoms with Crippen molar-refractivity contribution in [3.05, 3.63) is 53.6 Å². The molecule has 136 valence electrons. The van der Waals surface area contributed by atoms with E-state index >= 15 is 0 Å². The monoisotopic (exact) mass is 370 g/mol. The van der Waals surface area contributed by atoms with Gasteiger partial charge >= 0.3 is 0 Å².